The number of pyridine rings is 2. The van der Waals surface area contributed by atoms with Crippen LogP contribution in [0.1, 0.15) is 37.4 Å². The van der Waals surface area contributed by atoms with E-state index in [2.05, 4.69) is 23.8 Å². The Balaban J connectivity index is 1.41. The minimum absolute atomic E-state index is 0.167. The Morgan fingerprint density at radius 2 is 1.82 bits per heavy atom. The third kappa shape index (κ3) is 5.11. The monoisotopic (exact) mass is 530 g/mol. The van der Waals surface area contributed by atoms with Crippen molar-refractivity contribution in [3.05, 3.63) is 96.2 Å². The van der Waals surface area contributed by atoms with Gasteiger partial charge < -0.3 is 4.90 Å². The maximum absolute atomic E-state index is 14.0. The van der Waals surface area contributed by atoms with E-state index in [1.165, 1.54) is 6.20 Å². The SMILES string of the molecule is CC(C)CC(C(=O)N1CC=C2C1C(=O)CN2S(=O)(=O)Cc1ccccn1)c1cccc(-c2ccncc2)c1. The Morgan fingerprint density at radius 3 is 2.53 bits per heavy atom. The van der Waals surface area contributed by atoms with Gasteiger partial charge in [-0.3, -0.25) is 23.9 Å². The lowest BCUT2D eigenvalue weighted by Crippen LogP contribution is -2.43. The minimum atomic E-state index is -3.84. The molecule has 1 fully saturated rings. The molecule has 0 radical (unpaired) electrons. The number of sulfonamides is 1. The maximum atomic E-state index is 14.0. The summed E-state index contributed by atoms with van der Waals surface area (Å²) in [6.45, 7) is 4.04. The zero-order valence-corrected chi connectivity index (χ0v) is 22.2. The number of fused-ring (bicyclic) bond motifs is 1. The Kier molecular flexibility index (Phi) is 7.12. The zero-order chi connectivity index (χ0) is 26.9. The highest BCUT2D eigenvalue weighted by Gasteiger charge is 2.49. The van der Waals surface area contributed by atoms with E-state index in [0.29, 0.717) is 17.8 Å². The number of carbonyl (C=O) groups excluding carboxylic acids is 2. The molecule has 2 atom stereocenters. The molecule has 4 heterocycles. The van der Waals surface area contributed by atoms with Crippen LogP contribution in [-0.4, -0.2) is 58.4 Å². The highest BCUT2D eigenvalue weighted by atomic mass is 32.2. The van der Waals surface area contributed by atoms with Crippen molar-refractivity contribution >= 4 is 21.7 Å². The van der Waals surface area contributed by atoms with Gasteiger partial charge in [0.1, 0.15) is 11.8 Å². The fourth-order valence-electron chi connectivity index (χ4n) is 5.22. The lowest BCUT2D eigenvalue weighted by Gasteiger charge is -2.29. The number of hydrogen-bond donors (Lipinski definition) is 0. The van der Waals surface area contributed by atoms with Gasteiger partial charge in [-0.15, -0.1) is 0 Å². The number of carbonyl (C=O) groups is 2. The van der Waals surface area contributed by atoms with Gasteiger partial charge in [0, 0.05) is 25.1 Å². The van der Waals surface area contributed by atoms with Crippen molar-refractivity contribution in [2.75, 3.05) is 13.1 Å². The molecule has 1 aromatic carbocycles. The summed E-state index contributed by atoms with van der Waals surface area (Å²) < 4.78 is 27.6. The summed E-state index contributed by atoms with van der Waals surface area (Å²) in [5.41, 5.74) is 3.63. The van der Waals surface area contributed by atoms with Crippen LogP contribution in [0, 0.1) is 5.92 Å². The molecule has 0 aliphatic carbocycles. The number of ketones is 1. The number of hydrogen-bond acceptors (Lipinski definition) is 6. The molecule has 9 heteroatoms. The van der Waals surface area contributed by atoms with Gasteiger partial charge >= 0.3 is 0 Å². The fourth-order valence-corrected chi connectivity index (χ4v) is 6.74. The van der Waals surface area contributed by atoms with E-state index in [0.717, 1.165) is 21.0 Å². The van der Waals surface area contributed by atoms with Crippen LogP contribution in [0.4, 0.5) is 0 Å². The second-order valence-corrected chi connectivity index (χ2v) is 12.0. The molecule has 2 aromatic heterocycles. The molecule has 2 aliphatic heterocycles. The molecule has 2 aliphatic rings. The molecule has 0 N–H and O–H groups in total. The minimum Gasteiger partial charge on any atom is -0.323 e. The van der Waals surface area contributed by atoms with Gasteiger partial charge in [-0.05, 0) is 59.4 Å². The zero-order valence-electron chi connectivity index (χ0n) is 21.4. The number of rotatable bonds is 8. The van der Waals surface area contributed by atoms with E-state index in [1.54, 1.807) is 41.6 Å². The summed E-state index contributed by atoms with van der Waals surface area (Å²) in [6.07, 6.45) is 7.30. The molecule has 38 heavy (non-hydrogen) atoms. The topological polar surface area (TPSA) is 101 Å². The van der Waals surface area contributed by atoms with Gasteiger partial charge in [0.05, 0.1) is 23.9 Å². The Morgan fingerprint density at radius 1 is 1.03 bits per heavy atom. The van der Waals surface area contributed by atoms with Gasteiger partial charge in [0.15, 0.2) is 5.78 Å². The van der Waals surface area contributed by atoms with Crippen LogP contribution in [0.5, 0.6) is 0 Å². The molecule has 0 bridgehead atoms. The molecule has 0 spiro atoms. The van der Waals surface area contributed by atoms with Crippen LogP contribution in [0.15, 0.2) is 85.0 Å². The normalized spacial score (nSPS) is 18.0. The van der Waals surface area contributed by atoms with Crippen molar-refractivity contribution in [3.8, 4) is 11.1 Å². The third-order valence-corrected chi connectivity index (χ3v) is 8.64. The summed E-state index contributed by atoms with van der Waals surface area (Å²) in [5.74, 6) is -0.994. The highest BCUT2D eigenvalue weighted by molar-refractivity contribution is 7.88. The first-order valence-corrected chi connectivity index (χ1v) is 14.3. The molecule has 8 nitrogen and oxygen atoms in total. The number of amides is 1. The van der Waals surface area contributed by atoms with E-state index < -0.39 is 22.0 Å². The summed E-state index contributed by atoms with van der Waals surface area (Å²) in [6, 6.07) is 15.9. The van der Waals surface area contributed by atoms with Crippen LogP contribution in [0.3, 0.4) is 0 Å². The van der Waals surface area contributed by atoms with Crippen molar-refractivity contribution in [2.24, 2.45) is 5.92 Å². The standard InChI is InChI=1S/C29H30N4O4S/c1-20(2)16-25(23-7-5-6-22(17-23)21-9-13-30-14-10-21)29(35)32-15-11-26-28(32)27(34)18-33(26)38(36,37)19-24-8-3-4-12-31-24/h3-14,17,20,25,28H,15-16,18-19H2,1-2H3. The largest absolute Gasteiger partial charge is 0.323 e. The quantitative estimate of drug-likeness (QED) is 0.439. The highest BCUT2D eigenvalue weighted by Crippen LogP contribution is 2.36. The molecule has 5 rings (SSSR count). The van der Waals surface area contributed by atoms with Crippen LogP contribution >= 0.6 is 0 Å². The number of Topliss-reactive ketones (excluding diaryl/α,β-unsaturated/α-hetero) is 1. The average Bonchev–Trinajstić information content (AvgIpc) is 3.49. The summed E-state index contributed by atoms with van der Waals surface area (Å²) in [7, 11) is -3.84. The summed E-state index contributed by atoms with van der Waals surface area (Å²) in [4.78, 5) is 36.9. The van der Waals surface area contributed by atoms with Crippen LogP contribution in [0.2, 0.25) is 0 Å². The maximum Gasteiger partial charge on any atom is 0.241 e. The molecule has 1 amide bonds. The Bertz CT molecular complexity index is 1470. The first-order chi connectivity index (χ1) is 18.2. The van der Waals surface area contributed by atoms with Crippen LogP contribution in [0.25, 0.3) is 11.1 Å². The van der Waals surface area contributed by atoms with Crippen LogP contribution in [-0.2, 0) is 25.4 Å². The number of aromatic nitrogens is 2. The smallest absolute Gasteiger partial charge is 0.241 e. The summed E-state index contributed by atoms with van der Waals surface area (Å²) in [5, 5.41) is 0. The van der Waals surface area contributed by atoms with Crippen molar-refractivity contribution in [1.29, 1.82) is 0 Å². The van der Waals surface area contributed by atoms with E-state index in [-0.39, 0.29) is 36.5 Å². The predicted molar refractivity (Wildman–Crippen MR) is 144 cm³/mol. The molecule has 1 saturated heterocycles. The van der Waals surface area contributed by atoms with Gasteiger partial charge in [0.25, 0.3) is 0 Å². The van der Waals surface area contributed by atoms with E-state index >= 15 is 0 Å². The second kappa shape index (κ2) is 10.5. The number of benzene rings is 1. The van der Waals surface area contributed by atoms with Gasteiger partial charge in [-0.1, -0.05) is 44.2 Å². The lowest BCUT2D eigenvalue weighted by molar-refractivity contribution is -0.137. The summed E-state index contributed by atoms with van der Waals surface area (Å²) >= 11 is 0. The van der Waals surface area contributed by atoms with Crippen molar-refractivity contribution in [1.82, 2.24) is 19.2 Å². The van der Waals surface area contributed by atoms with Gasteiger partial charge in [-0.2, -0.15) is 0 Å². The first kappa shape index (κ1) is 25.8. The predicted octanol–water partition coefficient (Wildman–Crippen LogP) is 3.78. The van der Waals surface area contributed by atoms with Crippen molar-refractivity contribution in [3.63, 3.8) is 0 Å². The average molecular weight is 531 g/mol. The lowest BCUT2D eigenvalue weighted by atomic mass is 9.87. The Hall–Kier alpha value is -3.85. The molecular weight excluding hydrogens is 500 g/mol. The number of nitrogens with zero attached hydrogens (tertiary/aromatic N) is 4. The van der Waals surface area contributed by atoms with E-state index in [9.17, 15) is 18.0 Å². The van der Waals surface area contributed by atoms with Gasteiger partial charge in [-0.25, -0.2) is 8.42 Å². The molecule has 3 aromatic rings. The molecule has 196 valence electrons. The van der Waals surface area contributed by atoms with E-state index in [1.807, 2.05) is 36.4 Å². The Labute approximate surface area is 223 Å². The van der Waals surface area contributed by atoms with E-state index in [4.69, 9.17) is 0 Å². The molecule has 2 unspecified atom stereocenters. The molecule has 0 saturated carbocycles. The second-order valence-electron chi connectivity index (χ2n) is 10.1. The molecular formula is C29H30N4O4S. The first-order valence-electron chi connectivity index (χ1n) is 12.7. The fraction of sp³-hybridized carbons (Fsp3) is 0.310. The third-order valence-electron chi connectivity index (χ3n) is 6.96. The van der Waals surface area contributed by atoms with Crippen LogP contribution < -0.4 is 0 Å². The van der Waals surface area contributed by atoms with Gasteiger partial charge in [0.2, 0.25) is 15.9 Å². The van der Waals surface area contributed by atoms with Crippen molar-refractivity contribution in [2.45, 2.75) is 38.0 Å². The van der Waals surface area contributed by atoms with Crippen molar-refractivity contribution < 1.29 is 18.0 Å².